The molecule has 0 saturated carbocycles. The molecule has 2 aromatic carbocycles. The van der Waals surface area contributed by atoms with Crippen LogP contribution in [-0.2, 0) is 4.79 Å². The molecule has 2 rings (SSSR count). The zero-order valence-corrected chi connectivity index (χ0v) is 11.8. The third kappa shape index (κ3) is 3.71. The molecule has 0 aromatic heterocycles. The molecular formula is C16H20N2O2. The highest BCUT2D eigenvalue weighted by molar-refractivity contribution is 5.85. The van der Waals surface area contributed by atoms with E-state index >= 15 is 0 Å². The number of benzene rings is 2. The fraction of sp³-hybridized carbons (Fsp3) is 0.312. The van der Waals surface area contributed by atoms with Crippen LogP contribution >= 0.6 is 0 Å². The first-order valence-corrected chi connectivity index (χ1v) is 6.79. The van der Waals surface area contributed by atoms with Crippen LogP contribution in [0, 0.1) is 5.92 Å². The van der Waals surface area contributed by atoms with Gasteiger partial charge in [-0.15, -0.1) is 0 Å². The summed E-state index contributed by atoms with van der Waals surface area (Å²) in [4.78, 5) is 11.2. The van der Waals surface area contributed by atoms with Gasteiger partial charge >= 0.3 is 5.97 Å². The first kappa shape index (κ1) is 14.3. The first-order valence-electron chi connectivity index (χ1n) is 6.79. The molecule has 0 aliphatic carbocycles. The number of anilines is 1. The van der Waals surface area contributed by atoms with Crippen LogP contribution < -0.4 is 10.9 Å². The Balaban J connectivity index is 2.05. The predicted molar refractivity (Wildman–Crippen MR) is 81.6 cm³/mol. The summed E-state index contributed by atoms with van der Waals surface area (Å²) >= 11 is 0. The van der Waals surface area contributed by atoms with Gasteiger partial charge in [0, 0.05) is 5.69 Å². The second-order valence-corrected chi connectivity index (χ2v) is 5.35. The van der Waals surface area contributed by atoms with Gasteiger partial charge in [-0.1, -0.05) is 44.2 Å². The van der Waals surface area contributed by atoms with Gasteiger partial charge in [-0.3, -0.25) is 4.79 Å². The maximum atomic E-state index is 11.2. The predicted octanol–water partition coefficient (Wildman–Crippen LogP) is 3.26. The van der Waals surface area contributed by atoms with Crippen LogP contribution in [-0.4, -0.2) is 17.1 Å². The molecule has 0 bridgehead atoms. The minimum Gasteiger partial charge on any atom is -0.480 e. The summed E-state index contributed by atoms with van der Waals surface area (Å²) < 4.78 is 0. The highest BCUT2D eigenvalue weighted by atomic mass is 16.4. The lowest BCUT2D eigenvalue weighted by atomic mass is 10.0. The Labute approximate surface area is 118 Å². The number of nitrogens with one attached hydrogen (secondary N) is 2. The summed E-state index contributed by atoms with van der Waals surface area (Å²) in [5.74, 6) is -0.519. The van der Waals surface area contributed by atoms with Crippen molar-refractivity contribution in [2.24, 2.45) is 5.92 Å². The Hall–Kier alpha value is -2.07. The molecule has 0 fully saturated rings. The van der Waals surface area contributed by atoms with Crippen molar-refractivity contribution < 1.29 is 9.90 Å². The number of carboxylic acids is 1. The average molecular weight is 272 g/mol. The summed E-state index contributed by atoms with van der Waals surface area (Å²) in [6.07, 6.45) is 0.579. The summed E-state index contributed by atoms with van der Waals surface area (Å²) in [6, 6.07) is 13.4. The normalized spacial score (nSPS) is 12.6. The molecule has 1 atom stereocenters. The molecule has 0 spiro atoms. The molecule has 0 heterocycles. The van der Waals surface area contributed by atoms with E-state index in [-0.39, 0.29) is 0 Å². The van der Waals surface area contributed by atoms with Crippen LogP contribution in [0.25, 0.3) is 10.8 Å². The number of fused-ring (bicyclic) bond motifs is 1. The fourth-order valence-electron chi connectivity index (χ4n) is 2.13. The molecule has 0 unspecified atom stereocenters. The molecule has 4 nitrogen and oxygen atoms in total. The monoisotopic (exact) mass is 272 g/mol. The van der Waals surface area contributed by atoms with Crippen LogP contribution in [0.15, 0.2) is 42.5 Å². The van der Waals surface area contributed by atoms with Crippen molar-refractivity contribution in [3.63, 3.8) is 0 Å². The molecule has 0 saturated heterocycles. The van der Waals surface area contributed by atoms with Gasteiger partial charge in [-0.25, -0.2) is 5.43 Å². The van der Waals surface area contributed by atoms with E-state index in [1.165, 1.54) is 0 Å². The second-order valence-electron chi connectivity index (χ2n) is 5.35. The van der Waals surface area contributed by atoms with Crippen molar-refractivity contribution >= 4 is 22.4 Å². The quantitative estimate of drug-likeness (QED) is 0.706. The lowest BCUT2D eigenvalue weighted by Gasteiger charge is -2.18. The van der Waals surface area contributed by atoms with Gasteiger partial charge in [0.1, 0.15) is 6.04 Å². The Morgan fingerprint density at radius 1 is 1.15 bits per heavy atom. The van der Waals surface area contributed by atoms with E-state index in [1.807, 2.05) is 56.3 Å². The standard InChI is InChI=1S/C16H20N2O2/c1-11(2)9-15(16(19)20)18-17-14-8-7-12-5-3-4-6-13(12)10-14/h3-8,10-11,15,17-18H,9H2,1-2H3,(H,19,20)/t15-/m0/s1. The minimum absolute atomic E-state index is 0.321. The molecule has 0 radical (unpaired) electrons. The molecule has 0 aliphatic rings. The van der Waals surface area contributed by atoms with Gasteiger partial charge in [-0.05, 0) is 35.2 Å². The number of carbonyl (C=O) groups is 1. The highest BCUT2D eigenvalue weighted by Crippen LogP contribution is 2.18. The Kier molecular flexibility index (Phi) is 4.58. The van der Waals surface area contributed by atoms with Crippen molar-refractivity contribution in [3.05, 3.63) is 42.5 Å². The van der Waals surface area contributed by atoms with Crippen LogP contribution in [0.3, 0.4) is 0 Å². The lowest BCUT2D eigenvalue weighted by molar-refractivity contribution is -0.139. The van der Waals surface area contributed by atoms with Gasteiger partial charge in [0.05, 0.1) is 0 Å². The molecule has 3 N–H and O–H groups in total. The summed E-state index contributed by atoms with van der Waals surface area (Å²) in [7, 11) is 0. The molecular weight excluding hydrogens is 252 g/mol. The van der Waals surface area contributed by atoms with Crippen LogP contribution in [0.2, 0.25) is 0 Å². The summed E-state index contributed by atoms with van der Waals surface area (Å²) in [5.41, 5.74) is 6.73. The van der Waals surface area contributed by atoms with Gasteiger partial charge < -0.3 is 10.5 Å². The van der Waals surface area contributed by atoms with Gasteiger partial charge in [-0.2, -0.15) is 0 Å². The average Bonchev–Trinajstić information content (AvgIpc) is 2.42. The Bertz CT molecular complexity index is 596. The maximum Gasteiger partial charge on any atom is 0.322 e. The van der Waals surface area contributed by atoms with E-state index in [1.54, 1.807) is 0 Å². The Morgan fingerprint density at radius 3 is 2.50 bits per heavy atom. The van der Waals surface area contributed by atoms with Crippen LogP contribution in [0.5, 0.6) is 0 Å². The van der Waals surface area contributed by atoms with Crippen molar-refractivity contribution in [1.82, 2.24) is 5.43 Å². The Morgan fingerprint density at radius 2 is 1.85 bits per heavy atom. The van der Waals surface area contributed by atoms with Crippen LogP contribution in [0.1, 0.15) is 20.3 Å². The molecule has 0 amide bonds. The van der Waals surface area contributed by atoms with E-state index in [4.69, 9.17) is 5.11 Å². The maximum absolute atomic E-state index is 11.2. The molecule has 0 aliphatic heterocycles. The third-order valence-electron chi connectivity index (χ3n) is 3.15. The lowest BCUT2D eigenvalue weighted by Crippen LogP contribution is -2.41. The zero-order chi connectivity index (χ0) is 14.5. The van der Waals surface area contributed by atoms with E-state index in [9.17, 15) is 4.79 Å². The number of hydrazine groups is 1. The second kappa shape index (κ2) is 6.39. The van der Waals surface area contributed by atoms with Gasteiger partial charge in [0.15, 0.2) is 0 Å². The van der Waals surface area contributed by atoms with E-state index in [0.29, 0.717) is 12.3 Å². The van der Waals surface area contributed by atoms with E-state index in [2.05, 4.69) is 10.9 Å². The largest absolute Gasteiger partial charge is 0.480 e. The molecule has 2 aromatic rings. The smallest absolute Gasteiger partial charge is 0.322 e. The van der Waals surface area contributed by atoms with Crippen molar-refractivity contribution in [3.8, 4) is 0 Å². The third-order valence-corrected chi connectivity index (χ3v) is 3.15. The summed E-state index contributed by atoms with van der Waals surface area (Å²) in [6.45, 7) is 4.02. The molecule has 106 valence electrons. The first-order chi connectivity index (χ1) is 9.56. The number of hydrogen-bond donors (Lipinski definition) is 3. The van der Waals surface area contributed by atoms with E-state index < -0.39 is 12.0 Å². The van der Waals surface area contributed by atoms with Crippen molar-refractivity contribution in [2.75, 3.05) is 5.43 Å². The summed E-state index contributed by atoms with van der Waals surface area (Å²) in [5, 5.41) is 11.5. The minimum atomic E-state index is -0.841. The highest BCUT2D eigenvalue weighted by Gasteiger charge is 2.17. The fourth-order valence-corrected chi connectivity index (χ4v) is 2.13. The zero-order valence-electron chi connectivity index (χ0n) is 11.8. The molecule has 4 heteroatoms. The van der Waals surface area contributed by atoms with Crippen LogP contribution in [0.4, 0.5) is 5.69 Å². The number of carboxylic acid groups (broad SMARTS) is 1. The number of rotatable bonds is 6. The van der Waals surface area contributed by atoms with Gasteiger partial charge in [0.2, 0.25) is 0 Å². The van der Waals surface area contributed by atoms with Crippen molar-refractivity contribution in [2.45, 2.75) is 26.3 Å². The molecule has 20 heavy (non-hydrogen) atoms. The van der Waals surface area contributed by atoms with E-state index in [0.717, 1.165) is 16.5 Å². The number of hydrogen-bond acceptors (Lipinski definition) is 3. The topological polar surface area (TPSA) is 61.4 Å². The van der Waals surface area contributed by atoms with Gasteiger partial charge in [0.25, 0.3) is 0 Å². The van der Waals surface area contributed by atoms with Crippen molar-refractivity contribution in [1.29, 1.82) is 0 Å². The number of aliphatic carboxylic acids is 1. The SMILES string of the molecule is CC(C)C[C@H](NNc1ccc2ccccc2c1)C(=O)O.